The van der Waals surface area contributed by atoms with Crippen LogP contribution in [0.25, 0.3) is 0 Å². The van der Waals surface area contributed by atoms with Gasteiger partial charge in [0.1, 0.15) is 11.9 Å². The highest BCUT2D eigenvalue weighted by molar-refractivity contribution is 7.98. The van der Waals surface area contributed by atoms with Crippen molar-refractivity contribution in [2.75, 3.05) is 30.5 Å². The van der Waals surface area contributed by atoms with Crippen molar-refractivity contribution in [1.82, 2.24) is 0 Å². The third-order valence-electron chi connectivity index (χ3n) is 3.28. The molecule has 1 heterocycles. The van der Waals surface area contributed by atoms with Crippen molar-refractivity contribution >= 4 is 35.8 Å². The van der Waals surface area contributed by atoms with E-state index in [1.54, 1.807) is 11.8 Å². The number of ether oxygens (including phenoxy) is 2. The maximum Gasteiger partial charge on any atom is 0.241 e. The minimum atomic E-state index is -0.469. The molecular formula is C15H23ClN2O3S. The Morgan fingerprint density at radius 3 is 2.82 bits per heavy atom. The van der Waals surface area contributed by atoms with Gasteiger partial charge < -0.3 is 20.5 Å². The second-order valence-corrected chi connectivity index (χ2v) is 5.99. The van der Waals surface area contributed by atoms with Crippen LogP contribution in [0.2, 0.25) is 0 Å². The highest BCUT2D eigenvalue weighted by Gasteiger charge is 2.17. The lowest BCUT2D eigenvalue weighted by molar-refractivity contribution is -0.117. The number of nitrogens with two attached hydrogens (primary N) is 1. The molecule has 1 saturated heterocycles. The molecule has 2 rings (SSSR count). The van der Waals surface area contributed by atoms with Crippen molar-refractivity contribution < 1.29 is 14.3 Å². The Morgan fingerprint density at radius 1 is 1.50 bits per heavy atom. The average molecular weight is 347 g/mol. The lowest BCUT2D eigenvalue weighted by Gasteiger charge is -2.14. The van der Waals surface area contributed by atoms with Crippen molar-refractivity contribution in [3.63, 3.8) is 0 Å². The van der Waals surface area contributed by atoms with Crippen LogP contribution in [0.1, 0.15) is 12.8 Å². The van der Waals surface area contributed by atoms with E-state index in [0.717, 1.165) is 30.2 Å². The summed E-state index contributed by atoms with van der Waals surface area (Å²) in [6.07, 6.45) is 3.72. The van der Waals surface area contributed by atoms with E-state index in [1.807, 2.05) is 30.5 Å². The monoisotopic (exact) mass is 346 g/mol. The van der Waals surface area contributed by atoms with Gasteiger partial charge >= 0.3 is 0 Å². The molecule has 1 fully saturated rings. The molecule has 1 amide bonds. The molecule has 22 heavy (non-hydrogen) atoms. The number of halogens is 1. The number of hydrogen-bond acceptors (Lipinski definition) is 5. The Balaban J connectivity index is 0.00000242. The zero-order valence-electron chi connectivity index (χ0n) is 12.6. The molecule has 0 aliphatic carbocycles. The molecule has 1 aromatic carbocycles. The first-order chi connectivity index (χ1) is 10.2. The van der Waals surface area contributed by atoms with Crippen LogP contribution in [0.5, 0.6) is 5.75 Å². The molecular weight excluding hydrogens is 324 g/mol. The van der Waals surface area contributed by atoms with Gasteiger partial charge in [-0.25, -0.2) is 0 Å². The summed E-state index contributed by atoms with van der Waals surface area (Å²) in [7, 11) is 0. The van der Waals surface area contributed by atoms with Crippen LogP contribution in [0.4, 0.5) is 5.69 Å². The molecule has 1 unspecified atom stereocenters. The summed E-state index contributed by atoms with van der Waals surface area (Å²) >= 11 is 1.68. The van der Waals surface area contributed by atoms with E-state index in [0.29, 0.717) is 13.0 Å². The Hall–Kier alpha value is -0.950. The van der Waals surface area contributed by atoms with Crippen molar-refractivity contribution in [2.45, 2.75) is 25.0 Å². The number of rotatable bonds is 7. The number of carbonyl (C=O) groups is 1. The summed E-state index contributed by atoms with van der Waals surface area (Å²) in [5.41, 5.74) is 6.56. The van der Waals surface area contributed by atoms with E-state index < -0.39 is 6.04 Å². The van der Waals surface area contributed by atoms with Gasteiger partial charge in [-0.1, -0.05) is 0 Å². The molecule has 1 aromatic rings. The number of amides is 1. The molecule has 5 nitrogen and oxygen atoms in total. The fourth-order valence-corrected chi connectivity index (χ4v) is 2.52. The van der Waals surface area contributed by atoms with E-state index >= 15 is 0 Å². The van der Waals surface area contributed by atoms with Crippen LogP contribution in [0.3, 0.4) is 0 Å². The van der Waals surface area contributed by atoms with E-state index in [2.05, 4.69) is 5.32 Å². The molecule has 0 aromatic heterocycles. The Bertz CT molecular complexity index is 453. The highest BCUT2D eigenvalue weighted by Crippen LogP contribution is 2.19. The molecule has 1 aliphatic heterocycles. The van der Waals surface area contributed by atoms with E-state index in [9.17, 15) is 4.79 Å². The summed E-state index contributed by atoms with van der Waals surface area (Å²) in [5.74, 6) is 1.52. The number of nitrogens with one attached hydrogen (secondary N) is 1. The number of anilines is 1. The quantitative estimate of drug-likeness (QED) is 0.792. The molecule has 2 atom stereocenters. The van der Waals surface area contributed by atoms with Gasteiger partial charge in [-0.15, -0.1) is 12.4 Å². The van der Waals surface area contributed by atoms with Crippen LogP contribution in [-0.2, 0) is 9.53 Å². The van der Waals surface area contributed by atoms with Gasteiger partial charge in [0.25, 0.3) is 0 Å². The number of thioether (sulfide) groups is 1. The number of carbonyl (C=O) groups excluding carboxylic acids is 1. The van der Waals surface area contributed by atoms with Gasteiger partial charge in [0.15, 0.2) is 0 Å². The standard InChI is InChI=1S/C15H22N2O3S.ClH/c1-21-9-7-14(16)15(18)17-11-2-4-12(5-3-11)20-13-6-8-19-10-13;/h2-5,13-14H,6-10,16H2,1H3,(H,17,18);1H/t13?,14-;/m0./s1. The highest BCUT2D eigenvalue weighted by atomic mass is 35.5. The first kappa shape index (κ1) is 19.1. The fraction of sp³-hybridized carbons (Fsp3) is 0.533. The number of hydrogen-bond donors (Lipinski definition) is 2. The average Bonchev–Trinajstić information content (AvgIpc) is 2.99. The molecule has 0 radical (unpaired) electrons. The summed E-state index contributed by atoms with van der Waals surface area (Å²) < 4.78 is 11.0. The largest absolute Gasteiger partial charge is 0.488 e. The van der Waals surface area contributed by atoms with Crippen molar-refractivity contribution in [3.8, 4) is 5.75 Å². The minimum absolute atomic E-state index is 0. The van der Waals surface area contributed by atoms with E-state index in [4.69, 9.17) is 15.2 Å². The molecule has 0 saturated carbocycles. The van der Waals surface area contributed by atoms with E-state index in [-0.39, 0.29) is 24.4 Å². The van der Waals surface area contributed by atoms with E-state index in [1.165, 1.54) is 0 Å². The predicted molar refractivity (Wildman–Crippen MR) is 93.1 cm³/mol. The molecule has 7 heteroatoms. The molecule has 124 valence electrons. The summed E-state index contributed by atoms with van der Waals surface area (Å²) in [6, 6.07) is 6.88. The van der Waals surface area contributed by atoms with Gasteiger partial charge in [-0.3, -0.25) is 4.79 Å². The van der Waals surface area contributed by atoms with Gasteiger partial charge in [0, 0.05) is 12.1 Å². The minimum Gasteiger partial charge on any atom is -0.488 e. The first-order valence-corrected chi connectivity index (χ1v) is 8.48. The van der Waals surface area contributed by atoms with Crippen molar-refractivity contribution in [1.29, 1.82) is 0 Å². The smallest absolute Gasteiger partial charge is 0.241 e. The SMILES string of the molecule is CSCC[C@H](N)C(=O)Nc1ccc(OC2CCOC2)cc1.Cl. The second kappa shape index (κ2) is 9.94. The van der Waals surface area contributed by atoms with Crippen LogP contribution >= 0.6 is 24.2 Å². The third-order valence-corrected chi connectivity index (χ3v) is 3.93. The molecule has 0 bridgehead atoms. The maximum atomic E-state index is 11.9. The van der Waals surface area contributed by atoms with Gasteiger partial charge in [0.05, 0.1) is 19.3 Å². The van der Waals surface area contributed by atoms with Crippen molar-refractivity contribution in [3.05, 3.63) is 24.3 Å². The molecule has 1 aliphatic rings. The van der Waals surface area contributed by atoms with Crippen LogP contribution in [0, 0.1) is 0 Å². The van der Waals surface area contributed by atoms with Crippen LogP contribution in [-0.4, -0.2) is 43.3 Å². The van der Waals surface area contributed by atoms with Gasteiger partial charge in [-0.2, -0.15) is 11.8 Å². The Morgan fingerprint density at radius 2 is 2.23 bits per heavy atom. The van der Waals surface area contributed by atoms with Gasteiger partial charge in [0.2, 0.25) is 5.91 Å². The second-order valence-electron chi connectivity index (χ2n) is 5.01. The Labute approximate surface area is 141 Å². The van der Waals surface area contributed by atoms with Crippen LogP contribution in [0.15, 0.2) is 24.3 Å². The molecule has 0 spiro atoms. The molecule has 3 N–H and O–H groups in total. The topological polar surface area (TPSA) is 73.6 Å². The third kappa shape index (κ3) is 6.04. The van der Waals surface area contributed by atoms with Gasteiger partial charge in [-0.05, 0) is 42.7 Å². The number of benzene rings is 1. The lowest BCUT2D eigenvalue weighted by atomic mass is 10.2. The van der Waals surface area contributed by atoms with Crippen LogP contribution < -0.4 is 15.8 Å². The summed E-state index contributed by atoms with van der Waals surface area (Å²) in [4.78, 5) is 11.9. The maximum absolute atomic E-state index is 11.9. The fourth-order valence-electron chi connectivity index (χ4n) is 2.03. The predicted octanol–water partition coefficient (Wildman–Crippen LogP) is 2.30. The summed E-state index contributed by atoms with van der Waals surface area (Å²) in [6.45, 7) is 1.40. The van der Waals surface area contributed by atoms with Crippen molar-refractivity contribution in [2.24, 2.45) is 5.73 Å². The Kier molecular flexibility index (Phi) is 8.63. The summed E-state index contributed by atoms with van der Waals surface area (Å²) in [5, 5.41) is 2.82. The zero-order valence-corrected chi connectivity index (χ0v) is 14.3. The first-order valence-electron chi connectivity index (χ1n) is 7.09. The zero-order chi connectivity index (χ0) is 15.1. The normalized spacial score (nSPS) is 18.4. The lowest BCUT2D eigenvalue weighted by Crippen LogP contribution is -2.36.